The minimum atomic E-state index is -0.197. The predicted octanol–water partition coefficient (Wildman–Crippen LogP) is 3.03. The Hall–Kier alpha value is -0.930. The summed E-state index contributed by atoms with van der Waals surface area (Å²) in [6, 6.07) is 7.27. The third kappa shape index (κ3) is 4.84. The van der Waals surface area contributed by atoms with E-state index >= 15 is 0 Å². The number of aliphatic hydroxyl groups excluding tert-OH is 1. The number of halogens is 1. The molecule has 0 radical (unpaired) electrons. The number of hydrogen-bond acceptors (Lipinski definition) is 2. The van der Waals surface area contributed by atoms with E-state index in [0.29, 0.717) is 6.04 Å². The van der Waals surface area contributed by atoms with Crippen LogP contribution in [0.4, 0.5) is 4.39 Å². The molecule has 0 saturated carbocycles. The highest BCUT2D eigenvalue weighted by Gasteiger charge is 2.12. The quantitative estimate of drug-likeness (QED) is 0.766. The van der Waals surface area contributed by atoms with Crippen LogP contribution in [-0.4, -0.2) is 17.8 Å². The van der Waals surface area contributed by atoms with E-state index < -0.39 is 0 Å². The van der Waals surface area contributed by atoms with Crippen molar-refractivity contribution >= 4 is 0 Å². The van der Waals surface area contributed by atoms with Crippen LogP contribution in [0.25, 0.3) is 0 Å². The molecule has 1 aromatic rings. The molecule has 0 heterocycles. The molecule has 2 atom stereocenters. The molecule has 2 unspecified atom stereocenters. The van der Waals surface area contributed by atoms with E-state index in [0.717, 1.165) is 24.8 Å². The van der Waals surface area contributed by atoms with Gasteiger partial charge in [0.25, 0.3) is 0 Å². The second-order valence-electron chi connectivity index (χ2n) is 4.45. The second-order valence-corrected chi connectivity index (χ2v) is 4.45. The molecule has 3 heteroatoms. The Bertz CT molecular complexity index is 313. The fraction of sp³-hybridized carbons (Fsp3) is 0.571. The SMILES string of the molecule is CCC(NC(C)CCCO)c1ccc(F)cc1. The van der Waals surface area contributed by atoms with Gasteiger partial charge >= 0.3 is 0 Å². The van der Waals surface area contributed by atoms with Crippen LogP contribution in [0.5, 0.6) is 0 Å². The summed E-state index contributed by atoms with van der Waals surface area (Å²) >= 11 is 0. The van der Waals surface area contributed by atoms with Crippen molar-refractivity contribution in [2.24, 2.45) is 0 Å². The van der Waals surface area contributed by atoms with E-state index in [1.54, 1.807) is 0 Å². The number of aliphatic hydroxyl groups is 1. The molecule has 96 valence electrons. The van der Waals surface area contributed by atoms with Crippen molar-refractivity contribution in [1.29, 1.82) is 0 Å². The molecule has 0 aliphatic rings. The van der Waals surface area contributed by atoms with Crippen molar-refractivity contribution in [3.05, 3.63) is 35.6 Å². The number of hydrogen-bond donors (Lipinski definition) is 2. The fourth-order valence-electron chi connectivity index (χ4n) is 1.97. The lowest BCUT2D eigenvalue weighted by Gasteiger charge is -2.22. The molecule has 0 amide bonds. The molecule has 0 aliphatic carbocycles. The Morgan fingerprint density at radius 1 is 1.29 bits per heavy atom. The minimum Gasteiger partial charge on any atom is -0.396 e. The summed E-state index contributed by atoms with van der Waals surface area (Å²) in [4.78, 5) is 0. The van der Waals surface area contributed by atoms with Crippen molar-refractivity contribution < 1.29 is 9.50 Å². The molecule has 0 bridgehead atoms. The van der Waals surface area contributed by atoms with Crippen molar-refractivity contribution in [2.45, 2.75) is 45.2 Å². The highest BCUT2D eigenvalue weighted by atomic mass is 19.1. The summed E-state index contributed by atoms with van der Waals surface area (Å²) in [6.45, 7) is 4.46. The van der Waals surface area contributed by atoms with Crippen LogP contribution in [0.1, 0.15) is 44.7 Å². The van der Waals surface area contributed by atoms with Crippen molar-refractivity contribution in [3.8, 4) is 0 Å². The number of benzene rings is 1. The molecule has 0 fully saturated rings. The maximum Gasteiger partial charge on any atom is 0.123 e. The van der Waals surface area contributed by atoms with E-state index in [1.165, 1.54) is 12.1 Å². The van der Waals surface area contributed by atoms with Gasteiger partial charge in [0.05, 0.1) is 0 Å². The average molecular weight is 239 g/mol. The topological polar surface area (TPSA) is 32.3 Å². The molecule has 0 spiro atoms. The van der Waals surface area contributed by atoms with Crippen LogP contribution in [0, 0.1) is 5.82 Å². The molecular weight excluding hydrogens is 217 g/mol. The first-order valence-corrected chi connectivity index (χ1v) is 6.29. The summed E-state index contributed by atoms with van der Waals surface area (Å²) in [7, 11) is 0. The molecule has 0 aromatic heterocycles. The van der Waals surface area contributed by atoms with Gasteiger partial charge in [0.1, 0.15) is 5.82 Å². The summed E-state index contributed by atoms with van der Waals surface area (Å²) in [5.74, 6) is -0.197. The smallest absolute Gasteiger partial charge is 0.123 e. The van der Waals surface area contributed by atoms with E-state index in [9.17, 15) is 4.39 Å². The Morgan fingerprint density at radius 2 is 1.94 bits per heavy atom. The Morgan fingerprint density at radius 3 is 2.47 bits per heavy atom. The third-order valence-electron chi connectivity index (χ3n) is 2.96. The first kappa shape index (κ1) is 14.1. The Labute approximate surface area is 103 Å². The van der Waals surface area contributed by atoms with Crippen molar-refractivity contribution in [1.82, 2.24) is 5.32 Å². The maximum absolute atomic E-state index is 12.8. The van der Waals surface area contributed by atoms with Gasteiger partial charge in [0, 0.05) is 18.7 Å². The van der Waals surface area contributed by atoms with Gasteiger partial charge in [-0.15, -0.1) is 0 Å². The van der Waals surface area contributed by atoms with E-state index in [4.69, 9.17) is 5.11 Å². The highest BCUT2D eigenvalue weighted by molar-refractivity contribution is 5.19. The normalized spacial score (nSPS) is 14.6. The van der Waals surface area contributed by atoms with Gasteiger partial charge in [-0.2, -0.15) is 0 Å². The van der Waals surface area contributed by atoms with Gasteiger partial charge in [-0.05, 0) is 43.9 Å². The van der Waals surface area contributed by atoms with Gasteiger partial charge in [-0.25, -0.2) is 4.39 Å². The largest absolute Gasteiger partial charge is 0.396 e. The van der Waals surface area contributed by atoms with Crippen LogP contribution in [0.3, 0.4) is 0 Å². The van der Waals surface area contributed by atoms with E-state index in [1.807, 2.05) is 12.1 Å². The first-order chi connectivity index (χ1) is 8.17. The molecule has 17 heavy (non-hydrogen) atoms. The number of rotatable bonds is 7. The first-order valence-electron chi connectivity index (χ1n) is 6.29. The lowest BCUT2D eigenvalue weighted by atomic mass is 10.0. The van der Waals surface area contributed by atoms with Gasteiger partial charge in [0.2, 0.25) is 0 Å². The maximum atomic E-state index is 12.8. The Kier molecular flexibility index (Phi) is 6.16. The van der Waals surface area contributed by atoms with Gasteiger partial charge < -0.3 is 10.4 Å². The predicted molar refractivity (Wildman–Crippen MR) is 68.3 cm³/mol. The van der Waals surface area contributed by atoms with Crippen LogP contribution in [0.15, 0.2) is 24.3 Å². The van der Waals surface area contributed by atoms with Crippen molar-refractivity contribution in [3.63, 3.8) is 0 Å². The van der Waals surface area contributed by atoms with Gasteiger partial charge in [0.15, 0.2) is 0 Å². The molecule has 1 rings (SSSR count). The second kappa shape index (κ2) is 7.41. The summed E-state index contributed by atoms with van der Waals surface area (Å²) < 4.78 is 12.8. The van der Waals surface area contributed by atoms with E-state index in [2.05, 4.69) is 19.2 Å². The average Bonchev–Trinajstić information content (AvgIpc) is 2.34. The van der Waals surface area contributed by atoms with E-state index in [-0.39, 0.29) is 18.5 Å². The molecular formula is C14H22FNO. The lowest BCUT2D eigenvalue weighted by molar-refractivity contribution is 0.273. The molecule has 2 N–H and O–H groups in total. The highest BCUT2D eigenvalue weighted by Crippen LogP contribution is 2.18. The zero-order valence-corrected chi connectivity index (χ0v) is 10.6. The summed E-state index contributed by atoms with van der Waals surface area (Å²) in [5.41, 5.74) is 1.12. The van der Waals surface area contributed by atoms with Crippen LogP contribution in [-0.2, 0) is 0 Å². The third-order valence-corrected chi connectivity index (χ3v) is 2.96. The zero-order chi connectivity index (χ0) is 12.7. The minimum absolute atomic E-state index is 0.197. The lowest BCUT2D eigenvalue weighted by Crippen LogP contribution is -2.30. The molecule has 1 aromatic carbocycles. The zero-order valence-electron chi connectivity index (χ0n) is 10.6. The van der Waals surface area contributed by atoms with Crippen LogP contribution < -0.4 is 5.32 Å². The van der Waals surface area contributed by atoms with Gasteiger partial charge in [-0.1, -0.05) is 19.1 Å². The summed E-state index contributed by atoms with van der Waals surface area (Å²) in [6.07, 6.45) is 2.73. The van der Waals surface area contributed by atoms with Gasteiger partial charge in [-0.3, -0.25) is 0 Å². The summed E-state index contributed by atoms with van der Waals surface area (Å²) in [5, 5.41) is 12.3. The standard InChI is InChI=1S/C14H22FNO/c1-3-14(16-11(2)5-4-10-17)12-6-8-13(15)9-7-12/h6-9,11,14,16-17H,3-5,10H2,1-2H3. The fourth-order valence-corrected chi connectivity index (χ4v) is 1.97. The van der Waals surface area contributed by atoms with Crippen LogP contribution in [0.2, 0.25) is 0 Å². The van der Waals surface area contributed by atoms with Crippen LogP contribution >= 0.6 is 0 Å². The molecule has 0 aliphatic heterocycles. The molecule has 2 nitrogen and oxygen atoms in total. The monoisotopic (exact) mass is 239 g/mol. The Balaban J connectivity index is 2.56. The van der Waals surface area contributed by atoms with Crippen molar-refractivity contribution in [2.75, 3.05) is 6.61 Å². The number of nitrogens with one attached hydrogen (secondary N) is 1. The molecule has 0 saturated heterocycles.